The van der Waals surface area contributed by atoms with Crippen molar-refractivity contribution < 1.29 is 4.74 Å². The molecular weight excluding hydrogens is 246 g/mol. The van der Waals surface area contributed by atoms with Gasteiger partial charge in [-0.05, 0) is 25.0 Å². The van der Waals surface area contributed by atoms with Gasteiger partial charge in [0.15, 0.2) is 0 Å². The van der Waals surface area contributed by atoms with Crippen molar-refractivity contribution in [2.75, 3.05) is 13.2 Å². The van der Waals surface area contributed by atoms with Crippen LogP contribution < -0.4 is 10.1 Å². The van der Waals surface area contributed by atoms with Crippen LogP contribution in [0.5, 0.6) is 5.75 Å². The molecule has 0 saturated carbocycles. The first-order chi connectivity index (χ1) is 9.83. The molecule has 104 valence electrons. The number of hydrogen-bond donors (Lipinski definition) is 1. The van der Waals surface area contributed by atoms with Crippen molar-refractivity contribution in [3.05, 3.63) is 65.7 Å². The Morgan fingerprint density at radius 1 is 1.10 bits per heavy atom. The molecule has 0 fully saturated rings. The Morgan fingerprint density at radius 2 is 1.85 bits per heavy atom. The lowest BCUT2D eigenvalue weighted by atomic mass is 10.0. The summed E-state index contributed by atoms with van der Waals surface area (Å²) in [6, 6.07) is 19.5. The molecule has 1 aliphatic rings. The van der Waals surface area contributed by atoms with Gasteiger partial charge in [-0.15, -0.1) is 0 Å². The fraction of sp³-hybridized carbons (Fsp3) is 0.333. The SMILES string of the molecule is CC(Cc1ccccc1)NCC1COc2ccccc21. The minimum atomic E-state index is 0.476. The second-order valence-corrected chi connectivity index (χ2v) is 5.54. The summed E-state index contributed by atoms with van der Waals surface area (Å²) in [7, 11) is 0. The summed E-state index contributed by atoms with van der Waals surface area (Å²) in [5.41, 5.74) is 2.72. The third kappa shape index (κ3) is 3.02. The van der Waals surface area contributed by atoms with Crippen LogP contribution in [0.2, 0.25) is 0 Å². The molecule has 2 nitrogen and oxygen atoms in total. The standard InChI is InChI=1S/C18H21NO/c1-14(11-15-7-3-2-4-8-15)19-12-16-13-20-18-10-6-5-9-17(16)18/h2-10,14,16,19H,11-13H2,1H3. The predicted octanol–water partition coefficient (Wildman–Crippen LogP) is 3.38. The lowest BCUT2D eigenvalue weighted by Crippen LogP contribution is -2.32. The van der Waals surface area contributed by atoms with Gasteiger partial charge in [-0.1, -0.05) is 48.5 Å². The van der Waals surface area contributed by atoms with Crippen molar-refractivity contribution >= 4 is 0 Å². The maximum atomic E-state index is 5.72. The van der Waals surface area contributed by atoms with Gasteiger partial charge in [0.25, 0.3) is 0 Å². The first-order valence-electron chi connectivity index (χ1n) is 7.32. The van der Waals surface area contributed by atoms with Gasteiger partial charge in [-0.3, -0.25) is 0 Å². The van der Waals surface area contributed by atoms with Crippen molar-refractivity contribution in [3.63, 3.8) is 0 Å². The highest BCUT2D eigenvalue weighted by Crippen LogP contribution is 2.32. The highest BCUT2D eigenvalue weighted by Gasteiger charge is 2.23. The third-order valence-electron chi connectivity index (χ3n) is 3.90. The van der Waals surface area contributed by atoms with E-state index in [-0.39, 0.29) is 0 Å². The van der Waals surface area contributed by atoms with E-state index < -0.39 is 0 Å². The zero-order valence-electron chi connectivity index (χ0n) is 11.9. The van der Waals surface area contributed by atoms with E-state index in [1.165, 1.54) is 11.1 Å². The van der Waals surface area contributed by atoms with Gasteiger partial charge in [0.2, 0.25) is 0 Å². The van der Waals surface area contributed by atoms with E-state index in [0.717, 1.165) is 25.3 Å². The maximum Gasteiger partial charge on any atom is 0.122 e. The Bertz CT molecular complexity index is 552. The Kier molecular flexibility index (Phi) is 4.03. The maximum absolute atomic E-state index is 5.72. The highest BCUT2D eigenvalue weighted by molar-refractivity contribution is 5.39. The molecule has 3 rings (SSSR count). The van der Waals surface area contributed by atoms with Crippen LogP contribution in [0.3, 0.4) is 0 Å². The average molecular weight is 267 g/mol. The topological polar surface area (TPSA) is 21.3 Å². The summed E-state index contributed by atoms with van der Waals surface area (Å²) in [6.07, 6.45) is 1.07. The molecule has 0 spiro atoms. The van der Waals surface area contributed by atoms with E-state index in [1.54, 1.807) is 0 Å². The zero-order valence-corrected chi connectivity index (χ0v) is 11.9. The molecule has 2 aromatic rings. The molecule has 20 heavy (non-hydrogen) atoms. The smallest absolute Gasteiger partial charge is 0.122 e. The average Bonchev–Trinajstić information content (AvgIpc) is 2.89. The van der Waals surface area contributed by atoms with Crippen molar-refractivity contribution in [1.29, 1.82) is 0 Å². The van der Waals surface area contributed by atoms with E-state index >= 15 is 0 Å². The molecule has 2 heteroatoms. The van der Waals surface area contributed by atoms with Crippen molar-refractivity contribution in [3.8, 4) is 5.75 Å². The Morgan fingerprint density at radius 3 is 2.70 bits per heavy atom. The summed E-state index contributed by atoms with van der Waals surface area (Å²) in [6.45, 7) is 4.02. The van der Waals surface area contributed by atoms with E-state index in [9.17, 15) is 0 Å². The van der Waals surface area contributed by atoms with Crippen LogP contribution in [0, 0.1) is 0 Å². The first-order valence-corrected chi connectivity index (χ1v) is 7.32. The van der Waals surface area contributed by atoms with Crippen LogP contribution >= 0.6 is 0 Å². The number of ether oxygens (including phenoxy) is 1. The van der Waals surface area contributed by atoms with Crippen molar-refractivity contribution in [2.24, 2.45) is 0 Å². The fourth-order valence-electron chi connectivity index (χ4n) is 2.78. The van der Waals surface area contributed by atoms with E-state index in [2.05, 4.69) is 60.8 Å². The van der Waals surface area contributed by atoms with Crippen LogP contribution in [0.25, 0.3) is 0 Å². The van der Waals surface area contributed by atoms with Crippen LogP contribution in [0.15, 0.2) is 54.6 Å². The molecule has 1 aliphatic heterocycles. The van der Waals surface area contributed by atoms with Gasteiger partial charge in [0, 0.05) is 24.1 Å². The van der Waals surface area contributed by atoms with E-state index in [0.29, 0.717) is 12.0 Å². The van der Waals surface area contributed by atoms with Crippen LogP contribution in [0.1, 0.15) is 24.0 Å². The number of rotatable bonds is 5. The second-order valence-electron chi connectivity index (χ2n) is 5.54. The minimum absolute atomic E-state index is 0.476. The lowest BCUT2D eigenvalue weighted by molar-refractivity contribution is 0.323. The number of nitrogens with one attached hydrogen (secondary N) is 1. The molecule has 2 unspecified atom stereocenters. The van der Waals surface area contributed by atoms with Crippen molar-refractivity contribution in [1.82, 2.24) is 5.32 Å². The number of benzene rings is 2. The first kappa shape index (κ1) is 13.2. The number of hydrogen-bond acceptors (Lipinski definition) is 2. The molecule has 0 aliphatic carbocycles. The summed E-state index contributed by atoms with van der Waals surface area (Å²) in [5.74, 6) is 1.53. The van der Waals surface area contributed by atoms with Crippen LogP contribution in [-0.2, 0) is 6.42 Å². The molecule has 0 radical (unpaired) electrons. The molecule has 1 heterocycles. The molecule has 1 N–H and O–H groups in total. The fourth-order valence-corrected chi connectivity index (χ4v) is 2.78. The van der Waals surface area contributed by atoms with E-state index in [4.69, 9.17) is 4.74 Å². The molecule has 0 bridgehead atoms. The second kappa shape index (κ2) is 6.10. The molecule has 2 aromatic carbocycles. The summed E-state index contributed by atoms with van der Waals surface area (Å²) in [5, 5.41) is 3.63. The molecule has 0 saturated heterocycles. The van der Waals surface area contributed by atoms with Gasteiger partial charge in [0.1, 0.15) is 5.75 Å². The van der Waals surface area contributed by atoms with Gasteiger partial charge < -0.3 is 10.1 Å². The molecule has 2 atom stereocenters. The van der Waals surface area contributed by atoms with Crippen LogP contribution in [0.4, 0.5) is 0 Å². The summed E-state index contributed by atoms with van der Waals surface area (Å²) < 4.78 is 5.72. The summed E-state index contributed by atoms with van der Waals surface area (Å²) >= 11 is 0. The third-order valence-corrected chi connectivity index (χ3v) is 3.90. The Balaban J connectivity index is 1.53. The van der Waals surface area contributed by atoms with Gasteiger partial charge in [-0.2, -0.15) is 0 Å². The Labute approximate surface area is 120 Å². The molecule has 0 amide bonds. The number of para-hydroxylation sites is 1. The molecular formula is C18H21NO. The van der Waals surface area contributed by atoms with E-state index in [1.807, 2.05) is 6.07 Å². The quantitative estimate of drug-likeness (QED) is 0.896. The normalized spacial score (nSPS) is 18.4. The van der Waals surface area contributed by atoms with Gasteiger partial charge in [0.05, 0.1) is 6.61 Å². The Hall–Kier alpha value is -1.80. The zero-order chi connectivity index (χ0) is 13.8. The van der Waals surface area contributed by atoms with Gasteiger partial charge in [-0.25, -0.2) is 0 Å². The van der Waals surface area contributed by atoms with Gasteiger partial charge >= 0.3 is 0 Å². The van der Waals surface area contributed by atoms with Crippen LogP contribution in [-0.4, -0.2) is 19.2 Å². The van der Waals surface area contributed by atoms with Crippen molar-refractivity contribution in [2.45, 2.75) is 25.3 Å². The largest absolute Gasteiger partial charge is 0.493 e. The predicted molar refractivity (Wildman–Crippen MR) is 82.3 cm³/mol. The molecule has 0 aromatic heterocycles. The monoisotopic (exact) mass is 267 g/mol. The number of fused-ring (bicyclic) bond motifs is 1. The lowest BCUT2D eigenvalue weighted by Gasteiger charge is -2.17. The highest BCUT2D eigenvalue weighted by atomic mass is 16.5. The minimum Gasteiger partial charge on any atom is -0.493 e. The summed E-state index contributed by atoms with van der Waals surface area (Å²) in [4.78, 5) is 0.